The highest BCUT2D eigenvalue weighted by molar-refractivity contribution is 8.89. The lowest BCUT2D eigenvalue weighted by Gasteiger charge is -2.27. The number of benzene rings is 2. The summed E-state index contributed by atoms with van der Waals surface area (Å²) in [7, 11) is 0. The summed E-state index contributed by atoms with van der Waals surface area (Å²) in [4.78, 5) is 2.32. The fraction of sp³-hybridized carbons (Fsp3) is 0.739. The van der Waals surface area contributed by atoms with Crippen LogP contribution in [0, 0.1) is 13.8 Å². The molecule has 0 aliphatic carbocycles. The molecule has 1 N–H and O–H groups in total. The fourth-order valence-corrected chi connectivity index (χ4v) is 14.5. The van der Waals surface area contributed by atoms with E-state index in [9.17, 15) is 9.67 Å². The van der Waals surface area contributed by atoms with Crippen LogP contribution in [0.1, 0.15) is 206 Å². The van der Waals surface area contributed by atoms with Gasteiger partial charge in [-0.15, -0.1) is 0 Å². The molecule has 2 aromatic rings. The van der Waals surface area contributed by atoms with Crippen molar-refractivity contribution >= 4 is 40.3 Å². The number of rotatable bonds is 28. The predicted octanol–water partition coefficient (Wildman–Crippen LogP) is 17.6. The zero-order valence-electron chi connectivity index (χ0n) is 35.8. The number of hydrogen-bond donors (Lipinski definition) is 1. The van der Waals surface area contributed by atoms with Crippen LogP contribution >= 0.6 is 40.3 Å². The van der Waals surface area contributed by atoms with E-state index in [0.717, 1.165) is 57.2 Å². The molecule has 0 atom stereocenters. The summed E-state index contributed by atoms with van der Waals surface area (Å²) in [6.45, 7) is 21.9. The van der Waals surface area contributed by atoms with Crippen LogP contribution in [0.25, 0.3) is 0 Å². The van der Waals surface area contributed by atoms with Crippen molar-refractivity contribution in [2.75, 3.05) is 11.5 Å². The van der Waals surface area contributed by atoms with Crippen molar-refractivity contribution in [1.82, 2.24) is 0 Å². The Hall–Kier alpha value is -0.680. The molecule has 304 valence electrons. The van der Waals surface area contributed by atoms with Gasteiger partial charge in [0.25, 0.3) is 0 Å². The lowest BCUT2D eigenvalue weighted by molar-refractivity contribution is 0.445. The first kappa shape index (κ1) is 48.5. The van der Waals surface area contributed by atoms with Gasteiger partial charge in [-0.3, -0.25) is 4.57 Å². The normalized spacial score (nSPS) is 12.5. The van der Waals surface area contributed by atoms with Crippen molar-refractivity contribution in [2.24, 2.45) is 0 Å². The predicted molar refractivity (Wildman–Crippen MR) is 242 cm³/mol. The molecule has 0 heterocycles. The van der Waals surface area contributed by atoms with Crippen molar-refractivity contribution in [3.05, 3.63) is 46.5 Å². The summed E-state index contributed by atoms with van der Waals surface area (Å²) in [5.41, 5.74) is 3.89. The average molecular weight is 807 g/mol. The van der Waals surface area contributed by atoms with Gasteiger partial charge in [0.1, 0.15) is 11.5 Å². The highest BCUT2D eigenvalue weighted by Gasteiger charge is 2.31. The van der Waals surface area contributed by atoms with Crippen LogP contribution < -0.4 is 4.52 Å². The molecule has 0 aliphatic heterocycles. The highest BCUT2D eigenvalue weighted by Crippen LogP contribution is 2.70. The number of phenolic OH excluding ortho intramolecular Hbond substituents is 1. The fourth-order valence-electron chi connectivity index (χ4n) is 6.68. The number of unbranched alkanes of at least 4 members (excludes halogenated alkanes) is 18. The van der Waals surface area contributed by atoms with Crippen molar-refractivity contribution < 1.29 is 14.2 Å². The van der Waals surface area contributed by atoms with Gasteiger partial charge in [0.15, 0.2) is 0 Å². The summed E-state index contributed by atoms with van der Waals surface area (Å²) in [5.74, 6) is -0.142. The monoisotopic (exact) mass is 806 g/mol. The quantitative estimate of drug-likeness (QED) is 0.0683. The highest BCUT2D eigenvalue weighted by atomic mass is 33.1. The van der Waals surface area contributed by atoms with Crippen LogP contribution in [0.5, 0.6) is 11.5 Å². The standard InChI is InChI=1S/C46H79O3PS3/c1-11-13-15-17-19-21-23-25-27-29-31-51-50(48,52-32-30-28-26-24-22-20-18-16-14-12-2)49-42-34-38(4)44(36-40(42)46(8,9)10)53-43-35-39(45(5,6)7)41(47)33-37(43)3/h33-36,47H,11-32H2,1-10H3. The van der Waals surface area contributed by atoms with Crippen molar-refractivity contribution in [1.29, 1.82) is 0 Å². The molecule has 0 bridgehead atoms. The van der Waals surface area contributed by atoms with Gasteiger partial charge in [0.05, 0.1) is 0 Å². The molecule has 0 spiro atoms. The Bertz CT molecular complexity index is 1330. The maximum Gasteiger partial charge on any atom is 0.359 e. The molecule has 53 heavy (non-hydrogen) atoms. The molecule has 2 rings (SSSR count). The molecule has 0 aliphatic rings. The largest absolute Gasteiger partial charge is 0.508 e. The van der Waals surface area contributed by atoms with Crippen molar-refractivity contribution in [3.63, 3.8) is 0 Å². The molecular formula is C46H79O3PS3. The summed E-state index contributed by atoms with van der Waals surface area (Å²) in [6, 6.07) is 8.45. The maximum absolute atomic E-state index is 14.8. The number of aryl methyl sites for hydroxylation is 2. The molecule has 0 aromatic heterocycles. The number of aromatic hydroxyl groups is 1. The number of hydrogen-bond acceptors (Lipinski definition) is 6. The van der Waals surface area contributed by atoms with E-state index in [4.69, 9.17) is 4.52 Å². The van der Waals surface area contributed by atoms with Gasteiger partial charge in [-0.2, -0.15) is 0 Å². The third-order valence-corrected chi connectivity index (χ3v) is 18.8. The first-order valence-electron chi connectivity index (χ1n) is 21.4. The molecule has 7 heteroatoms. The van der Waals surface area contributed by atoms with E-state index in [2.05, 4.69) is 87.4 Å². The minimum absolute atomic E-state index is 0.158. The van der Waals surface area contributed by atoms with Crippen LogP contribution in [0.15, 0.2) is 34.1 Å². The third-order valence-electron chi connectivity index (χ3n) is 10.1. The molecule has 0 fully saturated rings. The lowest BCUT2D eigenvalue weighted by Crippen LogP contribution is -2.13. The van der Waals surface area contributed by atoms with Crippen LogP contribution in [0.4, 0.5) is 0 Å². The van der Waals surface area contributed by atoms with E-state index in [1.807, 2.05) is 6.07 Å². The lowest BCUT2D eigenvalue weighted by atomic mass is 9.86. The van der Waals surface area contributed by atoms with E-state index < -0.39 is 5.77 Å². The van der Waals surface area contributed by atoms with Gasteiger partial charge in [-0.05, 0) is 95.7 Å². The molecular weight excluding hydrogens is 728 g/mol. The minimum atomic E-state index is -3.03. The van der Waals surface area contributed by atoms with Crippen molar-refractivity contribution in [2.45, 2.75) is 218 Å². The molecule has 0 radical (unpaired) electrons. The van der Waals surface area contributed by atoms with Gasteiger partial charge >= 0.3 is 5.77 Å². The zero-order chi connectivity index (χ0) is 39.3. The Morgan fingerprint density at radius 1 is 0.547 bits per heavy atom. The molecule has 0 saturated heterocycles. The minimum Gasteiger partial charge on any atom is -0.508 e. The zero-order valence-corrected chi connectivity index (χ0v) is 39.1. The van der Waals surface area contributed by atoms with E-state index >= 15 is 0 Å². The topological polar surface area (TPSA) is 46.5 Å². The first-order chi connectivity index (χ1) is 25.1. The number of phenols is 1. The molecule has 3 nitrogen and oxygen atoms in total. The molecule has 0 saturated carbocycles. The van der Waals surface area contributed by atoms with E-state index in [1.165, 1.54) is 120 Å². The maximum atomic E-state index is 14.8. The van der Waals surface area contributed by atoms with Gasteiger partial charge in [0.2, 0.25) is 0 Å². The average Bonchev–Trinajstić information content (AvgIpc) is 3.07. The summed E-state index contributed by atoms with van der Waals surface area (Å²) < 4.78 is 21.5. The van der Waals surface area contributed by atoms with Gasteiger partial charge in [-0.25, -0.2) is 0 Å². The van der Waals surface area contributed by atoms with Gasteiger partial charge in [-0.1, -0.05) is 183 Å². The van der Waals surface area contributed by atoms with E-state index in [-0.39, 0.29) is 10.8 Å². The molecule has 0 amide bonds. The molecule has 0 unspecified atom stereocenters. The van der Waals surface area contributed by atoms with Gasteiger partial charge in [0, 0.05) is 32.4 Å². The second kappa shape index (κ2) is 25.5. The Labute approximate surface area is 340 Å². The SMILES string of the molecule is CCCCCCCCCCCCSP(=O)(Oc1cc(C)c(Sc2cc(C(C)(C)C)c(O)cc2C)cc1C(C)(C)C)SCCCCCCCCCCCC. The third kappa shape index (κ3) is 19.4. The van der Waals surface area contributed by atoms with Gasteiger partial charge < -0.3 is 9.63 Å². The smallest absolute Gasteiger partial charge is 0.359 e. The van der Waals surface area contributed by atoms with E-state index in [1.54, 1.807) is 34.5 Å². The Morgan fingerprint density at radius 3 is 1.30 bits per heavy atom. The Balaban J connectivity index is 2.16. The molecule has 2 aromatic carbocycles. The summed E-state index contributed by atoms with van der Waals surface area (Å²) in [6.07, 6.45) is 26.1. The summed E-state index contributed by atoms with van der Waals surface area (Å²) >= 11 is 4.92. The van der Waals surface area contributed by atoms with Crippen LogP contribution in [-0.4, -0.2) is 16.6 Å². The Kier molecular flexibility index (Phi) is 23.4. The van der Waals surface area contributed by atoms with Crippen molar-refractivity contribution in [3.8, 4) is 11.5 Å². The first-order valence-corrected chi connectivity index (χ1v) is 27.0. The second-order valence-electron chi connectivity index (χ2n) is 17.4. The summed E-state index contributed by atoms with van der Waals surface area (Å²) in [5, 5.41) is 10.7. The second-order valence-corrected chi connectivity index (χ2v) is 26.0. The van der Waals surface area contributed by atoms with Crippen LogP contribution in [0.3, 0.4) is 0 Å². The van der Waals surface area contributed by atoms with Crippen LogP contribution in [0.2, 0.25) is 0 Å². The Morgan fingerprint density at radius 2 is 0.906 bits per heavy atom. The van der Waals surface area contributed by atoms with Crippen LogP contribution in [-0.2, 0) is 15.4 Å². The van der Waals surface area contributed by atoms with E-state index in [0.29, 0.717) is 5.75 Å².